The van der Waals surface area contributed by atoms with Crippen molar-refractivity contribution in [3.63, 3.8) is 0 Å². The summed E-state index contributed by atoms with van der Waals surface area (Å²) < 4.78 is 0. The van der Waals surface area contributed by atoms with Crippen LogP contribution in [-0.4, -0.2) is 11.1 Å². The first kappa shape index (κ1) is 15.0. The minimum Gasteiger partial charge on any atom is -0.326 e. The average Bonchev–Trinajstić information content (AvgIpc) is 2.36. The Morgan fingerprint density at radius 2 is 1.78 bits per heavy atom. The summed E-state index contributed by atoms with van der Waals surface area (Å²) in [5.41, 5.74) is 17.5. The van der Waals surface area contributed by atoms with Gasteiger partial charge in [-0.25, -0.2) is 0 Å². The van der Waals surface area contributed by atoms with Crippen molar-refractivity contribution >= 4 is 0 Å². The smallest absolute Gasteiger partial charge is 0.0167 e. The van der Waals surface area contributed by atoms with Gasteiger partial charge in [0.1, 0.15) is 0 Å². The molecule has 0 bridgehead atoms. The Labute approximate surface area is 111 Å². The molecule has 0 amide bonds. The minimum absolute atomic E-state index is 0.228. The highest BCUT2D eigenvalue weighted by molar-refractivity contribution is 5.36. The zero-order valence-electron chi connectivity index (χ0n) is 12.2. The third kappa shape index (κ3) is 4.66. The molecule has 18 heavy (non-hydrogen) atoms. The molecule has 0 saturated heterocycles. The van der Waals surface area contributed by atoms with Crippen molar-refractivity contribution in [2.75, 3.05) is 0 Å². The van der Waals surface area contributed by atoms with Crippen LogP contribution < -0.4 is 11.5 Å². The lowest BCUT2D eigenvalue weighted by Crippen LogP contribution is -2.47. The van der Waals surface area contributed by atoms with Gasteiger partial charge in [0.05, 0.1) is 0 Å². The van der Waals surface area contributed by atoms with E-state index in [0.29, 0.717) is 0 Å². The Balaban J connectivity index is 3.04. The van der Waals surface area contributed by atoms with Gasteiger partial charge in [-0.15, -0.1) is 5.73 Å². The van der Waals surface area contributed by atoms with Crippen molar-refractivity contribution in [1.82, 2.24) is 0 Å². The van der Waals surface area contributed by atoms with Crippen molar-refractivity contribution in [3.05, 3.63) is 41.2 Å². The summed E-state index contributed by atoms with van der Waals surface area (Å²) in [6, 6.07) is 0. The molecule has 0 aromatic carbocycles. The fourth-order valence-electron chi connectivity index (χ4n) is 2.16. The highest BCUT2D eigenvalue weighted by atomic mass is 14.8. The Bertz CT molecular complexity index is 419. The molecule has 0 heterocycles. The van der Waals surface area contributed by atoms with Gasteiger partial charge in [0.15, 0.2) is 0 Å². The molecule has 1 rings (SSSR count). The van der Waals surface area contributed by atoms with E-state index < -0.39 is 0 Å². The fourth-order valence-corrected chi connectivity index (χ4v) is 2.16. The topological polar surface area (TPSA) is 52.0 Å². The molecule has 100 valence electrons. The maximum atomic E-state index is 6.33. The standard InChI is InChI=1S/C16H26N2/c1-12-7-6-8-13(10-9-12)14(16(4,5)18)11-15(2,3)17/h6,8-10,14H,11,17-18H2,1-5H3. The van der Waals surface area contributed by atoms with E-state index in [9.17, 15) is 0 Å². The molecule has 0 aromatic heterocycles. The van der Waals surface area contributed by atoms with E-state index in [2.05, 4.69) is 37.8 Å². The Hall–Kier alpha value is -1.08. The average molecular weight is 246 g/mol. The molecule has 1 unspecified atom stereocenters. The molecule has 1 aliphatic rings. The predicted octanol–water partition coefficient (Wildman–Crippen LogP) is 3.06. The molecule has 4 N–H and O–H groups in total. The molecular formula is C16H26N2. The van der Waals surface area contributed by atoms with Crippen LogP contribution in [-0.2, 0) is 0 Å². The van der Waals surface area contributed by atoms with Crippen molar-refractivity contribution in [1.29, 1.82) is 0 Å². The monoisotopic (exact) mass is 246 g/mol. The van der Waals surface area contributed by atoms with Crippen LogP contribution in [0.3, 0.4) is 0 Å². The second kappa shape index (κ2) is 5.27. The van der Waals surface area contributed by atoms with E-state index in [-0.39, 0.29) is 17.0 Å². The van der Waals surface area contributed by atoms with Gasteiger partial charge in [0.25, 0.3) is 0 Å². The van der Waals surface area contributed by atoms with E-state index in [0.717, 1.165) is 12.0 Å². The third-order valence-corrected chi connectivity index (χ3v) is 3.14. The van der Waals surface area contributed by atoms with E-state index in [1.807, 2.05) is 26.8 Å². The Morgan fingerprint density at radius 3 is 2.28 bits per heavy atom. The summed E-state index contributed by atoms with van der Waals surface area (Å²) in [6.45, 7) is 10.3. The van der Waals surface area contributed by atoms with Crippen LogP contribution in [0.5, 0.6) is 0 Å². The lowest BCUT2D eigenvalue weighted by Gasteiger charge is -2.36. The van der Waals surface area contributed by atoms with Crippen LogP contribution in [0.25, 0.3) is 0 Å². The summed E-state index contributed by atoms with van der Waals surface area (Å²) in [5.74, 6) is 0.234. The summed E-state index contributed by atoms with van der Waals surface area (Å²) in [5, 5.41) is 0. The van der Waals surface area contributed by atoms with Crippen molar-refractivity contribution in [2.24, 2.45) is 17.4 Å². The maximum Gasteiger partial charge on any atom is 0.0167 e. The van der Waals surface area contributed by atoms with Crippen molar-refractivity contribution < 1.29 is 0 Å². The zero-order valence-corrected chi connectivity index (χ0v) is 12.2. The van der Waals surface area contributed by atoms with Crippen LogP contribution in [0.15, 0.2) is 41.2 Å². The molecule has 0 radical (unpaired) electrons. The molecule has 0 spiro atoms. The molecule has 0 aromatic rings. The second-order valence-electron chi connectivity index (χ2n) is 6.56. The number of rotatable bonds is 4. The molecule has 1 atom stereocenters. The van der Waals surface area contributed by atoms with Crippen LogP contribution in [0, 0.1) is 5.92 Å². The van der Waals surface area contributed by atoms with Crippen LogP contribution in [0.4, 0.5) is 0 Å². The van der Waals surface area contributed by atoms with Crippen LogP contribution >= 0.6 is 0 Å². The third-order valence-electron chi connectivity index (χ3n) is 3.14. The van der Waals surface area contributed by atoms with Crippen molar-refractivity contribution in [2.45, 2.75) is 52.1 Å². The fraction of sp³-hybridized carbons (Fsp3) is 0.562. The maximum absolute atomic E-state index is 6.33. The van der Waals surface area contributed by atoms with Gasteiger partial charge in [0.2, 0.25) is 0 Å². The quantitative estimate of drug-likeness (QED) is 0.749. The Morgan fingerprint density at radius 1 is 1.17 bits per heavy atom. The van der Waals surface area contributed by atoms with Gasteiger partial charge in [-0.1, -0.05) is 18.2 Å². The van der Waals surface area contributed by atoms with Gasteiger partial charge < -0.3 is 11.5 Å². The van der Waals surface area contributed by atoms with Gasteiger partial charge in [0, 0.05) is 17.0 Å². The first-order chi connectivity index (χ1) is 8.09. The predicted molar refractivity (Wildman–Crippen MR) is 79.1 cm³/mol. The molecule has 0 fully saturated rings. The first-order valence-corrected chi connectivity index (χ1v) is 6.49. The van der Waals surface area contributed by atoms with Crippen LogP contribution in [0.1, 0.15) is 41.0 Å². The van der Waals surface area contributed by atoms with E-state index in [1.54, 1.807) is 0 Å². The molecular weight excluding hydrogens is 220 g/mol. The van der Waals surface area contributed by atoms with Crippen LogP contribution in [0.2, 0.25) is 0 Å². The largest absolute Gasteiger partial charge is 0.326 e. The lowest BCUT2D eigenvalue weighted by molar-refractivity contribution is 0.291. The highest BCUT2D eigenvalue weighted by Gasteiger charge is 2.31. The van der Waals surface area contributed by atoms with Gasteiger partial charge in [-0.2, -0.15) is 0 Å². The zero-order chi connectivity index (χ0) is 14.0. The van der Waals surface area contributed by atoms with E-state index in [4.69, 9.17) is 11.5 Å². The summed E-state index contributed by atoms with van der Waals surface area (Å²) >= 11 is 0. The van der Waals surface area contributed by atoms with Crippen molar-refractivity contribution in [3.8, 4) is 0 Å². The Kier molecular flexibility index (Phi) is 4.39. The molecule has 0 saturated carbocycles. The number of hydrogen-bond donors (Lipinski definition) is 2. The number of allylic oxidation sites excluding steroid dienone is 4. The summed E-state index contributed by atoms with van der Waals surface area (Å²) in [4.78, 5) is 0. The second-order valence-corrected chi connectivity index (χ2v) is 6.56. The lowest BCUT2D eigenvalue weighted by atomic mass is 9.75. The normalized spacial score (nSPS) is 18.2. The number of nitrogens with two attached hydrogens (primary N) is 2. The van der Waals surface area contributed by atoms with E-state index in [1.165, 1.54) is 5.57 Å². The molecule has 2 heteroatoms. The summed E-state index contributed by atoms with van der Waals surface area (Å²) in [7, 11) is 0. The van der Waals surface area contributed by atoms with E-state index >= 15 is 0 Å². The minimum atomic E-state index is -0.293. The molecule has 0 aliphatic heterocycles. The van der Waals surface area contributed by atoms with Gasteiger partial charge in [-0.3, -0.25) is 0 Å². The van der Waals surface area contributed by atoms with Gasteiger partial charge in [-0.05, 0) is 58.3 Å². The molecule has 2 nitrogen and oxygen atoms in total. The highest BCUT2D eigenvalue weighted by Crippen LogP contribution is 2.31. The number of hydrogen-bond acceptors (Lipinski definition) is 2. The SMILES string of the molecule is CC1=C=CC=C(C(CC(C)(C)N)C(C)(C)N)C=C1. The van der Waals surface area contributed by atoms with Gasteiger partial charge >= 0.3 is 0 Å². The molecule has 1 aliphatic carbocycles. The summed E-state index contributed by atoms with van der Waals surface area (Å²) in [6.07, 6.45) is 9.14. The first-order valence-electron chi connectivity index (χ1n) is 6.49.